The SMILES string of the molecule is CCCCCCCCCCCCCC(=O)NCO. The Morgan fingerprint density at radius 2 is 1.28 bits per heavy atom. The van der Waals surface area contributed by atoms with Crippen LogP contribution in [0.2, 0.25) is 0 Å². The van der Waals surface area contributed by atoms with Gasteiger partial charge in [-0.05, 0) is 6.42 Å². The van der Waals surface area contributed by atoms with Crippen molar-refractivity contribution in [3.63, 3.8) is 0 Å². The van der Waals surface area contributed by atoms with Crippen molar-refractivity contribution in [1.82, 2.24) is 5.32 Å². The third-order valence-electron chi connectivity index (χ3n) is 3.28. The van der Waals surface area contributed by atoms with Crippen LogP contribution in [-0.2, 0) is 4.79 Å². The molecule has 0 unspecified atom stereocenters. The predicted molar refractivity (Wildman–Crippen MR) is 76.3 cm³/mol. The molecule has 3 nitrogen and oxygen atoms in total. The fourth-order valence-corrected chi connectivity index (χ4v) is 2.13. The Morgan fingerprint density at radius 3 is 1.72 bits per heavy atom. The van der Waals surface area contributed by atoms with E-state index in [1.165, 1.54) is 57.8 Å². The first-order valence-corrected chi connectivity index (χ1v) is 7.68. The molecule has 18 heavy (non-hydrogen) atoms. The van der Waals surface area contributed by atoms with Crippen molar-refractivity contribution in [2.24, 2.45) is 0 Å². The van der Waals surface area contributed by atoms with E-state index in [9.17, 15) is 4.79 Å². The van der Waals surface area contributed by atoms with Crippen molar-refractivity contribution in [3.05, 3.63) is 0 Å². The van der Waals surface area contributed by atoms with Crippen LogP contribution in [0.15, 0.2) is 0 Å². The molecule has 3 heteroatoms. The van der Waals surface area contributed by atoms with Gasteiger partial charge in [-0.15, -0.1) is 0 Å². The van der Waals surface area contributed by atoms with E-state index in [1.54, 1.807) is 0 Å². The first kappa shape index (κ1) is 17.4. The molecule has 0 rings (SSSR count). The number of aliphatic hydroxyl groups is 1. The lowest BCUT2D eigenvalue weighted by molar-refractivity contribution is -0.122. The second-order valence-corrected chi connectivity index (χ2v) is 5.04. The van der Waals surface area contributed by atoms with Gasteiger partial charge in [0.2, 0.25) is 5.91 Å². The van der Waals surface area contributed by atoms with Gasteiger partial charge < -0.3 is 10.4 Å². The van der Waals surface area contributed by atoms with Crippen LogP contribution in [0.4, 0.5) is 0 Å². The fourth-order valence-electron chi connectivity index (χ4n) is 2.13. The monoisotopic (exact) mass is 257 g/mol. The Kier molecular flexibility index (Phi) is 14.0. The summed E-state index contributed by atoms with van der Waals surface area (Å²) in [5.74, 6) is -0.0339. The lowest BCUT2D eigenvalue weighted by Crippen LogP contribution is -2.23. The van der Waals surface area contributed by atoms with E-state index in [-0.39, 0.29) is 12.6 Å². The number of amides is 1. The minimum Gasteiger partial charge on any atom is -0.377 e. The minimum atomic E-state index is -0.239. The van der Waals surface area contributed by atoms with Gasteiger partial charge in [-0.1, -0.05) is 71.1 Å². The van der Waals surface area contributed by atoms with E-state index in [4.69, 9.17) is 5.11 Å². The van der Waals surface area contributed by atoms with Crippen molar-refractivity contribution in [2.45, 2.75) is 84.0 Å². The molecular formula is C15H31NO2. The molecule has 0 aliphatic heterocycles. The second-order valence-electron chi connectivity index (χ2n) is 5.04. The van der Waals surface area contributed by atoms with Gasteiger partial charge in [0.05, 0.1) is 0 Å². The van der Waals surface area contributed by atoms with Crippen molar-refractivity contribution in [2.75, 3.05) is 6.73 Å². The molecule has 0 heterocycles. The average molecular weight is 257 g/mol. The number of unbranched alkanes of at least 4 members (excludes halogenated alkanes) is 10. The summed E-state index contributed by atoms with van der Waals surface area (Å²) in [5.41, 5.74) is 0. The zero-order chi connectivity index (χ0) is 13.5. The third-order valence-corrected chi connectivity index (χ3v) is 3.28. The Bertz CT molecular complexity index is 183. The Balaban J connectivity index is 3.01. The molecule has 0 aromatic carbocycles. The highest BCUT2D eigenvalue weighted by Gasteiger charge is 1.98. The van der Waals surface area contributed by atoms with Gasteiger partial charge in [-0.25, -0.2) is 0 Å². The molecule has 2 N–H and O–H groups in total. The number of rotatable bonds is 13. The number of aliphatic hydroxyl groups excluding tert-OH is 1. The van der Waals surface area contributed by atoms with E-state index in [0.717, 1.165) is 12.8 Å². The summed E-state index contributed by atoms with van der Waals surface area (Å²) in [6.07, 6.45) is 14.8. The lowest BCUT2D eigenvalue weighted by atomic mass is 10.1. The van der Waals surface area contributed by atoms with E-state index < -0.39 is 0 Å². The van der Waals surface area contributed by atoms with E-state index in [1.807, 2.05) is 0 Å². The minimum absolute atomic E-state index is 0.0339. The van der Waals surface area contributed by atoms with Crippen LogP contribution in [0.3, 0.4) is 0 Å². The topological polar surface area (TPSA) is 49.3 Å². The van der Waals surface area contributed by atoms with Gasteiger partial charge >= 0.3 is 0 Å². The zero-order valence-corrected chi connectivity index (χ0v) is 12.0. The number of carbonyl (C=O) groups is 1. The molecule has 0 aliphatic rings. The van der Waals surface area contributed by atoms with Crippen LogP contribution in [-0.4, -0.2) is 17.7 Å². The molecule has 0 aromatic heterocycles. The predicted octanol–water partition coefficient (Wildman–Crippen LogP) is 3.75. The van der Waals surface area contributed by atoms with Gasteiger partial charge in [0.15, 0.2) is 0 Å². The van der Waals surface area contributed by atoms with E-state index >= 15 is 0 Å². The average Bonchev–Trinajstić information content (AvgIpc) is 2.36. The fraction of sp³-hybridized carbons (Fsp3) is 0.933. The highest BCUT2D eigenvalue weighted by atomic mass is 16.3. The summed E-state index contributed by atoms with van der Waals surface area (Å²) in [6.45, 7) is 2.01. The molecule has 0 saturated heterocycles. The Labute approximate surface area is 112 Å². The van der Waals surface area contributed by atoms with Crippen molar-refractivity contribution < 1.29 is 9.90 Å². The van der Waals surface area contributed by atoms with Crippen molar-refractivity contribution >= 4 is 5.91 Å². The van der Waals surface area contributed by atoms with E-state index in [2.05, 4.69) is 12.2 Å². The summed E-state index contributed by atoms with van der Waals surface area (Å²) in [7, 11) is 0. The van der Waals surface area contributed by atoms with Gasteiger partial charge in [0.25, 0.3) is 0 Å². The van der Waals surface area contributed by atoms with Crippen LogP contribution in [0.5, 0.6) is 0 Å². The zero-order valence-electron chi connectivity index (χ0n) is 12.0. The molecule has 1 amide bonds. The summed E-state index contributed by atoms with van der Waals surface area (Å²) in [6, 6.07) is 0. The quantitative estimate of drug-likeness (QED) is 0.390. The second kappa shape index (κ2) is 14.5. The maximum atomic E-state index is 11.0. The highest BCUT2D eigenvalue weighted by Crippen LogP contribution is 2.11. The van der Waals surface area contributed by atoms with Gasteiger partial charge in [-0.3, -0.25) is 4.79 Å². The highest BCUT2D eigenvalue weighted by molar-refractivity contribution is 5.75. The summed E-state index contributed by atoms with van der Waals surface area (Å²) in [4.78, 5) is 11.0. The molecule has 0 aromatic rings. The molecule has 0 atom stereocenters. The molecule has 0 saturated carbocycles. The maximum Gasteiger partial charge on any atom is 0.221 e. The third kappa shape index (κ3) is 13.5. The van der Waals surface area contributed by atoms with E-state index in [0.29, 0.717) is 6.42 Å². The van der Waals surface area contributed by atoms with Crippen LogP contribution in [0.25, 0.3) is 0 Å². The Hall–Kier alpha value is -0.570. The molecule has 0 aliphatic carbocycles. The van der Waals surface area contributed by atoms with Crippen LogP contribution >= 0.6 is 0 Å². The van der Waals surface area contributed by atoms with Crippen LogP contribution in [0, 0.1) is 0 Å². The summed E-state index contributed by atoms with van der Waals surface area (Å²) in [5, 5.41) is 10.9. The normalized spacial score (nSPS) is 10.6. The number of nitrogens with one attached hydrogen (secondary N) is 1. The number of hydrogen-bond acceptors (Lipinski definition) is 2. The van der Waals surface area contributed by atoms with Gasteiger partial charge in [-0.2, -0.15) is 0 Å². The van der Waals surface area contributed by atoms with Crippen molar-refractivity contribution in [3.8, 4) is 0 Å². The molecule has 0 radical (unpaired) electrons. The summed E-state index contributed by atoms with van der Waals surface area (Å²) < 4.78 is 0. The number of carbonyl (C=O) groups excluding carboxylic acids is 1. The van der Waals surface area contributed by atoms with Crippen LogP contribution in [0.1, 0.15) is 84.0 Å². The molecule has 0 spiro atoms. The van der Waals surface area contributed by atoms with Gasteiger partial charge in [0.1, 0.15) is 6.73 Å². The standard InChI is InChI=1S/C15H31NO2/c1-2-3-4-5-6-7-8-9-10-11-12-13-15(18)16-14-17/h17H,2-14H2,1H3,(H,16,18). The lowest BCUT2D eigenvalue weighted by Gasteiger charge is -2.03. The molecule has 0 bridgehead atoms. The number of hydrogen-bond donors (Lipinski definition) is 2. The first-order valence-electron chi connectivity index (χ1n) is 7.68. The smallest absolute Gasteiger partial charge is 0.221 e. The van der Waals surface area contributed by atoms with Gasteiger partial charge in [0, 0.05) is 6.42 Å². The molecule has 108 valence electrons. The van der Waals surface area contributed by atoms with Crippen LogP contribution < -0.4 is 5.32 Å². The largest absolute Gasteiger partial charge is 0.377 e. The molecular weight excluding hydrogens is 226 g/mol. The van der Waals surface area contributed by atoms with Crippen molar-refractivity contribution in [1.29, 1.82) is 0 Å². The first-order chi connectivity index (χ1) is 8.81. The summed E-state index contributed by atoms with van der Waals surface area (Å²) >= 11 is 0. The Morgan fingerprint density at radius 1 is 0.833 bits per heavy atom. The maximum absolute atomic E-state index is 11.0. The molecule has 0 fully saturated rings.